The van der Waals surface area contributed by atoms with Gasteiger partial charge in [-0.3, -0.25) is 4.79 Å². The number of nitrogens with one attached hydrogen (secondary N) is 1. The second-order valence-corrected chi connectivity index (χ2v) is 7.62. The highest BCUT2D eigenvalue weighted by atomic mass is 16.1. The van der Waals surface area contributed by atoms with Crippen LogP contribution in [0.15, 0.2) is 48.8 Å². The average Bonchev–Trinajstić information content (AvgIpc) is 3.33. The number of carbonyl (C=O) groups is 1. The predicted molar refractivity (Wildman–Crippen MR) is 111 cm³/mol. The van der Waals surface area contributed by atoms with Gasteiger partial charge in [0.25, 0.3) is 0 Å². The number of carbonyl (C=O) groups excluding carboxylic acids is 1. The summed E-state index contributed by atoms with van der Waals surface area (Å²) >= 11 is 0. The van der Waals surface area contributed by atoms with Gasteiger partial charge in [0.05, 0.1) is 11.6 Å². The van der Waals surface area contributed by atoms with E-state index in [9.17, 15) is 4.79 Å². The zero-order chi connectivity index (χ0) is 20.0. The summed E-state index contributed by atoms with van der Waals surface area (Å²) in [6.45, 7) is 4.62. The molecule has 0 bridgehead atoms. The Balaban J connectivity index is 1.31. The van der Waals surface area contributed by atoms with Crippen LogP contribution in [-0.4, -0.2) is 30.1 Å². The molecular weight excluding hydrogens is 364 g/mol. The fourth-order valence-corrected chi connectivity index (χ4v) is 3.94. The van der Waals surface area contributed by atoms with E-state index in [2.05, 4.69) is 28.5 Å². The molecule has 1 aliphatic heterocycles. The second kappa shape index (κ2) is 6.84. The van der Waals surface area contributed by atoms with Gasteiger partial charge in [0.2, 0.25) is 5.91 Å². The van der Waals surface area contributed by atoms with Crippen molar-refractivity contribution in [3.8, 4) is 11.3 Å². The minimum absolute atomic E-state index is 0.0415. The number of rotatable bonds is 3. The number of hydrogen-bond acceptors (Lipinski definition) is 4. The van der Waals surface area contributed by atoms with Crippen LogP contribution in [-0.2, 0) is 17.8 Å². The first-order chi connectivity index (χ1) is 14.1. The zero-order valence-corrected chi connectivity index (χ0v) is 16.5. The van der Waals surface area contributed by atoms with Gasteiger partial charge < -0.3 is 14.3 Å². The Bertz CT molecular complexity index is 1200. The average molecular weight is 386 g/mol. The molecule has 7 nitrogen and oxygen atoms in total. The van der Waals surface area contributed by atoms with E-state index in [0.717, 1.165) is 52.6 Å². The van der Waals surface area contributed by atoms with E-state index in [4.69, 9.17) is 4.98 Å². The van der Waals surface area contributed by atoms with E-state index in [-0.39, 0.29) is 11.8 Å². The van der Waals surface area contributed by atoms with Crippen LogP contribution in [0.25, 0.3) is 16.9 Å². The van der Waals surface area contributed by atoms with Gasteiger partial charge in [-0.05, 0) is 44.0 Å². The molecule has 0 saturated heterocycles. The molecule has 4 aromatic rings. The van der Waals surface area contributed by atoms with Crippen LogP contribution >= 0.6 is 0 Å². The molecule has 0 aliphatic carbocycles. The maximum Gasteiger partial charge on any atom is 0.229 e. The van der Waals surface area contributed by atoms with Crippen LogP contribution in [0.2, 0.25) is 0 Å². The fraction of sp³-hybridized carbons (Fsp3) is 0.273. The van der Waals surface area contributed by atoms with Crippen molar-refractivity contribution in [2.24, 2.45) is 5.92 Å². The number of amides is 1. The number of imidazole rings is 1. The molecule has 0 spiro atoms. The monoisotopic (exact) mass is 386 g/mol. The lowest BCUT2D eigenvalue weighted by molar-refractivity contribution is -0.120. The molecule has 3 aromatic heterocycles. The van der Waals surface area contributed by atoms with Gasteiger partial charge in [-0.25, -0.2) is 4.98 Å². The molecule has 1 unspecified atom stereocenters. The summed E-state index contributed by atoms with van der Waals surface area (Å²) in [5.74, 6) is 1.81. The number of nitrogens with zero attached hydrogens (tertiary/aromatic N) is 5. The molecule has 29 heavy (non-hydrogen) atoms. The Labute approximate surface area is 168 Å². The van der Waals surface area contributed by atoms with Crippen molar-refractivity contribution in [3.05, 3.63) is 66.0 Å². The standard InChI is InChI=1S/C22H22N6O/c1-14-4-3-11-27-13-19(24-21(14)27)16-5-8-18(9-6-16)23-22(29)17-7-10-20-26-25-15(2)28(20)12-17/h3-6,8-9,11,13,17H,7,10,12H2,1-2H3,(H,23,29). The van der Waals surface area contributed by atoms with Gasteiger partial charge >= 0.3 is 0 Å². The molecule has 1 aromatic carbocycles. The van der Waals surface area contributed by atoms with E-state index in [1.54, 1.807) is 0 Å². The van der Waals surface area contributed by atoms with Crippen LogP contribution in [0.4, 0.5) is 5.69 Å². The maximum absolute atomic E-state index is 12.7. The smallest absolute Gasteiger partial charge is 0.229 e. The third-order valence-electron chi connectivity index (χ3n) is 5.63. The van der Waals surface area contributed by atoms with Gasteiger partial charge in [0, 0.05) is 36.6 Å². The Morgan fingerprint density at radius 2 is 1.97 bits per heavy atom. The topological polar surface area (TPSA) is 77.1 Å². The third-order valence-corrected chi connectivity index (χ3v) is 5.63. The first-order valence-electron chi connectivity index (χ1n) is 9.83. The first-order valence-corrected chi connectivity index (χ1v) is 9.83. The minimum atomic E-state index is -0.0710. The summed E-state index contributed by atoms with van der Waals surface area (Å²) in [5, 5.41) is 11.3. The molecule has 1 amide bonds. The number of anilines is 1. The molecule has 0 saturated carbocycles. The highest BCUT2D eigenvalue weighted by molar-refractivity contribution is 5.92. The first kappa shape index (κ1) is 17.6. The molecule has 1 aliphatic rings. The molecule has 1 atom stereocenters. The summed E-state index contributed by atoms with van der Waals surface area (Å²) < 4.78 is 4.08. The summed E-state index contributed by atoms with van der Waals surface area (Å²) in [6, 6.07) is 11.9. The number of fused-ring (bicyclic) bond motifs is 2. The van der Waals surface area contributed by atoms with Gasteiger partial charge in [0.1, 0.15) is 17.3 Å². The lowest BCUT2D eigenvalue weighted by atomic mass is 9.98. The van der Waals surface area contributed by atoms with Gasteiger partial charge in [-0.15, -0.1) is 10.2 Å². The molecule has 5 rings (SSSR count). The number of pyridine rings is 1. The Hall–Kier alpha value is -3.48. The molecule has 1 N–H and O–H groups in total. The van der Waals surface area contributed by atoms with Crippen molar-refractivity contribution in [2.45, 2.75) is 33.2 Å². The fourth-order valence-electron chi connectivity index (χ4n) is 3.94. The van der Waals surface area contributed by atoms with Crippen LogP contribution < -0.4 is 5.32 Å². The van der Waals surface area contributed by atoms with Crippen LogP contribution in [0.1, 0.15) is 23.6 Å². The van der Waals surface area contributed by atoms with Gasteiger partial charge in [0.15, 0.2) is 0 Å². The van der Waals surface area contributed by atoms with Crippen LogP contribution in [0.5, 0.6) is 0 Å². The highest BCUT2D eigenvalue weighted by Gasteiger charge is 2.26. The number of aryl methyl sites for hydroxylation is 3. The summed E-state index contributed by atoms with van der Waals surface area (Å²) in [7, 11) is 0. The molecule has 7 heteroatoms. The van der Waals surface area contributed by atoms with Gasteiger partial charge in [-0.2, -0.15) is 0 Å². The summed E-state index contributed by atoms with van der Waals surface area (Å²) in [5.41, 5.74) is 4.83. The van der Waals surface area contributed by atoms with E-state index >= 15 is 0 Å². The van der Waals surface area contributed by atoms with Gasteiger partial charge in [-0.1, -0.05) is 18.2 Å². The molecule has 4 heterocycles. The molecule has 0 radical (unpaired) electrons. The molecule has 146 valence electrons. The van der Waals surface area contributed by atoms with Crippen molar-refractivity contribution in [3.63, 3.8) is 0 Å². The number of hydrogen-bond donors (Lipinski definition) is 1. The van der Waals surface area contributed by atoms with E-state index in [1.165, 1.54) is 0 Å². The Morgan fingerprint density at radius 3 is 2.76 bits per heavy atom. The Kier molecular flexibility index (Phi) is 4.16. The lowest BCUT2D eigenvalue weighted by Crippen LogP contribution is -2.31. The second-order valence-electron chi connectivity index (χ2n) is 7.62. The lowest BCUT2D eigenvalue weighted by Gasteiger charge is -2.23. The van der Waals surface area contributed by atoms with Crippen molar-refractivity contribution >= 4 is 17.2 Å². The van der Waals surface area contributed by atoms with Crippen molar-refractivity contribution in [1.82, 2.24) is 24.1 Å². The minimum Gasteiger partial charge on any atom is -0.326 e. The summed E-state index contributed by atoms with van der Waals surface area (Å²) in [6.07, 6.45) is 5.60. The quantitative estimate of drug-likeness (QED) is 0.585. The molecular formula is C22H22N6O. The maximum atomic E-state index is 12.7. The normalized spacial score (nSPS) is 16.0. The molecule has 0 fully saturated rings. The third kappa shape index (κ3) is 3.18. The van der Waals surface area contributed by atoms with E-state index in [1.807, 2.05) is 58.6 Å². The van der Waals surface area contributed by atoms with Crippen molar-refractivity contribution in [1.29, 1.82) is 0 Å². The van der Waals surface area contributed by atoms with Crippen LogP contribution in [0, 0.1) is 19.8 Å². The number of benzene rings is 1. The van der Waals surface area contributed by atoms with E-state index in [0.29, 0.717) is 6.54 Å². The highest BCUT2D eigenvalue weighted by Crippen LogP contribution is 2.24. The van der Waals surface area contributed by atoms with E-state index < -0.39 is 0 Å². The van der Waals surface area contributed by atoms with Crippen molar-refractivity contribution in [2.75, 3.05) is 5.32 Å². The predicted octanol–water partition coefficient (Wildman–Crippen LogP) is 3.41. The summed E-state index contributed by atoms with van der Waals surface area (Å²) in [4.78, 5) is 17.5. The van der Waals surface area contributed by atoms with Crippen LogP contribution in [0.3, 0.4) is 0 Å². The Morgan fingerprint density at radius 1 is 1.14 bits per heavy atom. The zero-order valence-electron chi connectivity index (χ0n) is 16.5. The SMILES string of the molecule is Cc1cccn2cc(-c3ccc(NC(=O)C4CCc5nnc(C)n5C4)cc3)nc12. The van der Waals surface area contributed by atoms with Crippen molar-refractivity contribution < 1.29 is 4.79 Å². The largest absolute Gasteiger partial charge is 0.326 e. The number of aromatic nitrogens is 5.